The van der Waals surface area contributed by atoms with Crippen LogP contribution in [0.5, 0.6) is 0 Å². The summed E-state index contributed by atoms with van der Waals surface area (Å²) in [6.07, 6.45) is 4.02. The van der Waals surface area contributed by atoms with Crippen molar-refractivity contribution in [3.63, 3.8) is 0 Å². The summed E-state index contributed by atoms with van der Waals surface area (Å²) < 4.78 is 5.54. The maximum Gasteiger partial charge on any atom is 0.251 e. The number of piperidine rings is 1. The molecule has 2 bridgehead atoms. The summed E-state index contributed by atoms with van der Waals surface area (Å²) in [4.78, 5) is 15.0. The minimum Gasteiger partial charge on any atom is -0.463 e. The van der Waals surface area contributed by atoms with Gasteiger partial charge >= 0.3 is 0 Å². The van der Waals surface area contributed by atoms with Gasteiger partial charge in [-0.15, -0.1) is 5.92 Å². The Morgan fingerprint density at radius 3 is 3.13 bits per heavy atom. The van der Waals surface area contributed by atoms with Crippen LogP contribution in [-0.4, -0.2) is 36.5 Å². The fourth-order valence-corrected chi connectivity index (χ4v) is 3.83. The molecule has 1 aromatic carbocycles. The highest BCUT2D eigenvalue weighted by molar-refractivity contribution is 5.98. The first-order chi connectivity index (χ1) is 11.2. The van der Waals surface area contributed by atoms with Crippen molar-refractivity contribution >= 4 is 16.9 Å². The van der Waals surface area contributed by atoms with E-state index in [2.05, 4.69) is 22.1 Å². The van der Waals surface area contributed by atoms with E-state index in [1.54, 1.807) is 13.2 Å². The average Bonchev–Trinajstić information content (AvgIpc) is 3.10. The number of rotatable bonds is 2. The second-order valence-electron chi connectivity index (χ2n) is 6.56. The van der Waals surface area contributed by atoms with Crippen molar-refractivity contribution in [2.24, 2.45) is 5.92 Å². The van der Waals surface area contributed by atoms with Crippen LogP contribution in [0.25, 0.3) is 11.0 Å². The molecule has 2 fully saturated rings. The second-order valence-corrected chi connectivity index (χ2v) is 6.56. The molecule has 1 amide bonds. The van der Waals surface area contributed by atoms with Crippen LogP contribution in [-0.2, 0) is 0 Å². The van der Waals surface area contributed by atoms with Crippen molar-refractivity contribution in [1.82, 2.24) is 10.2 Å². The number of carbonyl (C=O) groups is 1. The maximum atomic E-state index is 12.5. The summed E-state index contributed by atoms with van der Waals surface area (Å²) in [5, 5.41) is 4.14. The molecule has 0 spiro atoms. The molecule has 4 rings (SSSR count). The van der Waals surface area contributed by atoms with Crippen LogP contribution in [0.15, 0.2) is 28.9 Å². The lowest BCUT2D eigenvalue weighted by molar-refractivity contribution is 0.0909. The molecule has 2 aliphatic rings. The first kappa shape index (κ1) is 14.3. The fourth-order valence-electron chi connectivity index (χ4n) is 3.83. The summed E-state index contributed by atoms with van der Waals surface area (Å²) >= 11 is 0. The van der Waals surface area contributed by atoms with Gasteiger partial charge in [-0.25, -0.2) is 0 Å². The van der Waals surface area contributed by atoms with E-state index in [0.29, 0.717) is 11.1 Å². The van der Waals surface area contributed by atoms with E-state index in [-0.39, 0.29) is 11.9 Å². The van der Waals surface area contributed by atoms with Gasteiger partial charge in [-0.2, -0.15) is 0 Å². The predicted octanol–water partition coefficient (Wildman–Crippen LogP) is 2.63. The molecule has 0 radical (unpaired) electrons. The number of nitrogens with zero attached hydrogens (tertiary/aromatic N) is 1. The third-order valence-corrected chi connectivity index (χ3v) is 4.90. The van der Waals surface area contributed by atoms with Crippen LogP contribution in [0.2, 0.25) is 0 Å². The number of hydrogen-bond acceptors (Lipinski definition) is 3. The zero-order chi connectivity index (χ0) is 15.8. The van der Waals surface area contributed by atoms with E-state index in [0.717, 1.165) is 29.8 Å². The summed E-state index contributed by atoms with van der Waals surface area (Å²) in [5.41, 5.74) is 2.23. The van der Waals surface area contributed by atoms with Gasteiger partial charge in [0.2, 0.25) is 0 Å². The quantitative estimate of drug-likeness (QED) is 0.868. The number of fused-ring (bicyclic) bond motifs is 3. The summed E-state index contributed by atoms with van der Waals surface area (Å²) in [6, 6.07) is 5.84. The first-order valence-electron chi connectivity index (χ1n) is 8.20. The van der Waals surface area contributed by atoms with E-state index < -0.39 is 0 Å². The van der Waals surface area contributed by atoms with Gasteiger partial charge in [0.1, 0.15) is 11.8 Å². The Hall–Kier alpha value is -2.25. The number of benzene rings is 1. The highest BCUT2D eigenvalue weighted by Gasteiger charge is 2.33. The summed E-state index contributed by atoms with van der Waals surface area (Å²) in [5.74, 6) is 6.62. The first-order valence-corrected chi connectivity index (χ1v) is 8.20. The number of amides is 1. The molecule has 3 atom stereocenters. The van der Waals surface area contributed by atoms with Crippen LogP contribution in [0.1, 0.15) is 35.7 Å². The normalized spacial score (nSPS) is 25.9. The van der Waals surface area contributed by atoms with Crippen LogP contribution in [0.4, 0.5) is 0 Å². The topological polar surface area (TPSA) is 45.5 Å². The molecule has 4 nitrogen and oxygen atoms in total. The Bertz CT molecular complexity index is 800. The highest BCUT2D eigenvalue weighted by Crippen LogP contribution is 2.27. The van der Waals surface area contributed by atoms with Crippen LogP contribution >= 0.6 is 0 Å². The van der Waals surface area contributed by atoms with Gasteiger partial charge in [-0.3, -0.25) is 4.79 Å². The smallest absolute Gasteiger partial charge is 0.251 e. The van der Waals surface area contributed by atoms with E-state index >= 15 is 0 Å². The molecule has 0 saturated carbocycles. The van der Waals surface area contributed by atoms with Crippen molar-refractivity contribution in [3.8, 4) is 11.8 Å². The maximum absolute atomic E-state index is 12.5. The van der Waals surface area contributed by atoms with E-state index in [1.807, 2.05) is 18.2 Å². The van der Waals surface area contributed by atoms with Gasteiger partial charge in [0.05, 0.1) is 5.56 Å². The molecule has 4 heteroatoms. The lowest BCUT2D eigenvalue weighted by Crippen LogP contribution is -2.47. The molecule has 2 saturated heterocycles. The molecule has 3 heterocycles. The number of nitrogens with one attached hydrogen (secondary N) is 1. The molecule has 118 valence electrons. The Morgan fingerprint density at radius 2 is 2.30 bits per heavy atom. The van der Waals surface area contributed by atoms with E-state index in [9.17, 15) is 4.79 Å². The summed E-state index contributed by atoms with van der Waals surface area (Å²) in [7, 11) is 0. The zero-order valence-electron chi connectivity index (χ0n) is 13.3. The molecule has 23 heavy (non-hydrogen) atoms. The van der Waals surface area contributed by atoms with E-state index in [4.69, 9.17) is 4.42 Å². The number of hydrogen-bond donors (Lipinski definition) is 1. The van der Waals surface area contributed by atoms with Crippen molar-refractivity contribution in [1.29, 1.82) is 0 Å². The Balaban J connectivity index is 1.51. The largest absolute Gasteiger partial charge is 0.463 e. The molecule has 1 aromatic heterocycles. The SMILES string of the molecule is CC#Cc1coc2cc(C(=O)NC3CC4CCN(C4)C3)ccc12. The van der Waals surface area contributed by atoms with Gasteiger partial charge in [0.15, 0.2) is 0 Å². The fraction of sp³-hybridized carbons (Fsp3) is 0.421. The third kappa shape index (κ3) is 2.73. The Morgan fingerprint density at radius 1 is 1.39 bits per heavy atom. The Kier molecular flexibility index (Phi) is 3.59. The summed E-state index contributed by atoms with van der Waals surface area (Å²) in [6.45, 7) is 5.15. The van der Waals surface area contributed by atoms with Crippen molar-refractivity contribution in [2.75, 3.05) is 19.6 Å². The zero-order valence-corrected chi connectivity index (χ0v) is 13.3. The third-order valence-electron chi connectivity index (χ3n) is 4.90. The number of carbonyl (C=O) groups excluding carboxylic acids is 1. The van der Waals surface area contributed by atoms with Crippen molar-refractivity contribution in [2.45, 2.75) is 25.8 Å². The van der Waals surface area contributed by atoms with Crippen LogP contribution < -0.4 is 5.32 Å². The van der Waals surface area contributed by atoms with E-state index in [1.165, 1.54) is 19.5 Å². The highest BCUT2D eigenvalue weighted by atomic mass is 16.3. The van der Waals surface area contributed by atoms with Crippen molar-refractivity contribution in [3.05, 3.63) is 35.6 Å². The molecule has 3 unspecified atom stereocenters. The minimum absolute atomic E-state index is 0.0149. The van der Waals surface area contributed by atoms with Gasteiger partial charge < -0.3 is 14.6 Å². The molecule has 2 aliphatic heterocycles. The lowest BCUT2D eigenvalue weighted by Gasteiger charge is -2.30. The number of furan rings is 1. The second kappa shape index (κ2) is 5.75. The van der Waals surface area contributed by atoms with Crippen LogP contribution in [0.3, 0.4) is 0 Å². The molecule has 0 aliphatic carbocycles. The molecular weight excluding hydrogens is 288 g/mol. The van der Waals surface area contributed by atoms with Gasteiger partial charge in [-0.05, 0) is 50.4 Å². The van der Waals surface area contributed by atoms with Crippen molar-refractivity contribution < 1.29 is 9.21 Å². The molecular formula is C19H20N2O2. The van der Waals surface area contributed by atoms with Gasteiger partial charge in [-0.1, -0.05) is 5.92 Å². The molecule has 2 aromatic rings. The van der Waals surface area contributed by atoms with Crippen LogP contribution in [0, 0.1) is 17.8 Å². The standard InChI is InChI=1S/C19H20N2O2/c1-2-3-15-12-23-18-9-14(4-5-17(15)18)19(22)20-16-8-13-6-7-21(10-13)11-16/h4-5,9,12-13,16H,6-8,10-11H2,1H3,(H,20,22). The Labute approximate surface area is 135 Å². The van der Waals surface area contributed by atoms with Gasteiger partial charge in [0.25, 0.3) is 5.91 Å². The minimum atomic E-state index is -0.0149. The average molecular weight is 308 g/mol. The molecule has 1 N–H and O–H groups in total. The lowest BCUT2D eigenvalue weighted by atomic mass is 9.96. The van der Waals surface area contributed by atoms with Gasteiger partial charge in [0, 0.05) is 30.1 Å². The predicted molar refractivity (Wildman–Crippen MR) is 89.2 cm³/mol. The monoisotopic (exact) mass is 308 g/mol.